The molecule has 0 amide bonds. The summed E-state index contributed by atoms with van der Waals surface area (Å²) in [4.78, 5) is 34.2. The van der Waals surface area contributed by atoms with Crippen LogP contribution in [0.3, 0.4) is 0 Å². The van der Waals surface area contributed by atoms with Crippen molar-refractivity contribution >= 4 is 43.6 Å². The number of unbranched alkanes of at least 4 members (excludes halogenated alkanes) is 2. The number of carboxylic acid groups (broad SMARTS) is 1. The minimum atomic E-state index is -1.72. The van der Waals surface area contributed by atoms with E-state index in [4.69, 9.17) is 4.43 Å². The third-order valence-corrected chi connectivity index (χ3v) is 11.1. The molecule has 1 rings (SSSR count). The van der Waals surface area contributed by atoms with E-state index >= 15 is 0 Å². The molecule has 172 valence electrons. The van der Waals surface area contributed by atoms with Crippen molar-refractivity contribution in [1.82, 2.24) is 0 Å². The summed E-state index contributed by atoms with van der Waals surface area (Å²) in [7, 11) is -1.72. The monoisotopic (exact) mass is 467 g/mol. The summed E-state index contributed by atoms with van der Waals surface area (Å²) in [6.07, 6.45) is 4.11. The minimum Gasteiger partial charge on any atom is -0.478 e. The van der Waals surface area contributed by atoms with E-state index in [1.807, 2.05) is 0 Å². The number of hydrogen-bond donors (Lipinski definition) is 1. The lowest BCUT2D eigenvalue weighted by atomic mass is 10.1. The lowest BCUT2D eigenvalue weighted by Crippen LogP contribution is -2.40. The summed E-state index contributed by atoms with van der Waals surface area (Å²) in [5, 5.41) is 20.5. The lowest BCUT2D eigenvalue weighted by molar-refractivity contribution is -0.384. The second kappa shape index (κ2) is 11.6. The van der Waals surface area contributed by atoms with Crippen LogP contribution in [-0.4, -0.2) is 42.5 Å². The van der Waals surface area contributed by atoms with Crippen LogP contribution < -0.4 is 0 Å². The smallest absolute Gasteiger partial charge is 0.339 e. The number of hydrogen-bond acceptors (Lipinski definition) is 6. The summed E-state index contributed by atoms with van der Waals surface area (Å²) >= 11 is 1.50. The van der Waals surface area contributed by atoms with E-state index in [2.05, 4.69) is 33.9 Å². The van der Waals surface area contributed by atoms with Crippen molar-refractivity contribution in [2.75, 3.05) is 12.4 Å². The van der Waals surface area contributed by atoms with E-state index < -0.39 is 30.6 Å². The molecule has 0 saturated carbocycles. The van der Waals surface area contributed by atoms with E-state index in [1.165, 1.54) is 30.0 Å². The van der Waals surface area contributed by atoms with E-state index in [9.17, 15) is 24.8 Å². The van der Waals surface area contributed by atoms with Crippen LogP contribution in [-0.2, 0) is 14.0 Å². The van der Waals surface area contributed by atoms with Crippen molar-refractivity contribution < 1.29 is 24.0 Å². The number of Topliss-reactive ketones (excluding diaryl/α,β-unsaturated/α-hetero) is 1. The predicted molar refractivity (Wildman–Crippen MR) is 127 cm³/mol. The molecule has 0 unspecified atom stereocenters. The Morgan fingerprint density at radius 2 is 1.87 bits per heavy atom. The zero-order valence-corrected chi connectivity index (χ0v) is 21.0. The standard InChI is InChI=1S/C22H33NO6SSi/c1-16(24)19(21(25)26)15-17-14-18(23(27)28)10-11-20(17)30-13-9-7-8-12-29-31(5,6)22(2,3)4/h10-11,14-15H,7-9,12-13H2,1-6H3,(H,25,26). The number of carbonyl (C=O) groups is 2. The number of ketones is 1. The van der Waals surface area contributed by atoms with Gasteiger partial charge in [0.05, 0.1) is 4.92 Å². The Morgan fingerprint density at radius 3 is 2.39 bits per heavy atom. The fourth-order valence-electron chi connectivity index (χ4n) is 2.47. The van der Waals surface area contributed by atoms with Gasteiger partial charge in [0.1, 0.15) is 5.57 Å². The third-order valence-electron chi connectivity index (χ3n) is 5.43. The maximum absolute atomic E-state index is 11.6. The highest BCUT2D eigenvalue weighted by molar-refractivity contribution is 7.99. The molecule has 31 heavy (non-hydrogen) atoms. The van der Waals surface area contributed by atoms with Crippen molar-refractivity contribution in [3.63, 3.8) is 0 Å². The van der Waals surface area contributed by atoms with Gasteiger partial charge in [-0.05, 0) is 61.4 Å². The summed E-state index contributed by atoms with van der Waals surface area (Å²) in [5.74, 6) is -1.17. The van der Waals surface area contributed by atoms with Gasteiger partial charge in [0, 0.05) is 23.6 Å². The summed E-state index contributed by atoms with van der Waals surface area (Å²) in [6.45, 7) is 13.0. The normalized spacial score (nSPS) is 12.6. The van der Waals surface area contributed by atoms with Crippen LogP contribution in [0.25, 0.3) is 6.08 Å². The second-order valence-electron chi connectivity index (χ2n) is 8.92. The Labute approximate surface area is 189 Å². The SMILES string of the molecule is CC(=O)C(=Cc1cc([N+](=O)[O-])ccc1SCCCCCO[Si](C)(C)C(C)(C)C)C(=O)O. The number of thioether (sulfide) groups is 1. The third kappa shape index (κ3) is 8.58. The highest BCUT2D eigenvalue weighted by Crippen LogP contribution is 2.36. The van der Waals surface area contributed by atoms with Gasteiger partial charge in [0.25, 0.3) is 5.69 Å². The number of carboxylic acids is 1. The first-order chi connectivity index (χ1) is 14.3. The van der Waals surface area contributed by atoms with E-state index in [1.54, 1.807) is 6.07 Å². The molecule has 0 heterocycles. The van der Waals surface area contributed by atoms with E-state index in [0.717, 1.165) is 38.5 Å². The van der Waals surface area contributed by atoms with Gasteiger partial charge in [0.2, 0.25) is 0 Å². The van der Waals surface area contributed by atoms with Crippen LogP contribution in [0.15, 0.2) is 28.7 Å². The molecule has 1 aromatic rings. The molecular formula is C22H33NO6SSi. The molecule has 0 aromatic heterocycles. The van der Waals surface area contributed by atoms with Crippen LogP contribution in [0.4, 0.5) is 5.69 Å². The van der Waals surface area contributed by atoms with E-state index in [-0.39, 0.29) is 10.7 Å². The average Bonchev–Trinajstić information content (AvgIpc) is 2.64. The number of nitrogens with zero attached hydrogens (tertiary/aromatic N) is 1. The fraction of sp³-hybridized carbons (Fsp3) is 0.545. The van der Waals surface area contributed by atoms with Crippen molar-refractivity contribution in [3.8, 4) is 0 Å². The molecule has 7 nitrogen and oxygen atoms in total. The van der Waals surface area contributed by atoms with Crippen LogP contribution in [0.1, 0.15) is 52.5 Å². The van der Waals surface area contributed by atoms with Gasteiger partial charge >= 0.3 is 5.97 Å². The van der Waals surface area contributed by atoms with Crippen LogP contribution in [0, 0.1) is 10.1 Å². The number of benzene rings is 1. The van der Waals surface area contributed by atoms with Gasteiger partial charge in [-0.15, -0.1) is 11.8 Å². The van der Waals surface area contributed by atoms with Gasteiger partial charge < -0.3 is 9.53 Å². The van der Waals surface area contributed by atoms with Gasteiger partial charge in [0.15, 0.2) is 14.1 Å². The highest BCUT2D eigenvalue weighted by Gasteiger charge is 2.36. The molecule has 0 saturated heterocycles. The Hall–Kier alpha value is -1.97. The molecule has 1 aromatic carbocycles. The van der Waals surface area contributed by atoms with Gasteiger partial charge in [-0.2, -0.15) is 0 Å². The number of aliphatic carboxylic acids is 1. The summed E-state index contributed by atoms with van der Waals surface area (Å²) < 4.78 is 6.17. The Morgan fingerprint density at radius 1 is 1.23 bits per heavy atom. The van der Waals surface area contributed by atoms with Crippen molar-refractivity contribution in [2.45, 2.75) is 70.0 Å². The van der Waals surface area contributed by atoms with Crippen molar-refractivity contribution in [2.24, 2.45) is 0 Å². The number of nitro benzene ring substituents is 1. The summed E-state index contributed by atoms with van der Waals surface area (Å²) in [5.41, 5.74) is -0.176. The molecule has 0 bridgehead atoms. The molecule has 0 fully saturated rings. The highest BCUT2D eigenvalue weighted by atomic mass is 32.2. The zero-order chi connectivity index (χ0) is 23.8. The van der Waals surface area contributed by atoms with Crippen molar-refractivity contribution in [1.29, 1.82) is 0 Å². The lowest BCUT2D eigenvalue weighted by Gasteiger charge is -2.36. The van der Waals surface area contributed by atoms with Gasteiger partial charge in [-0.1, -0.05) is 27.2 Å². The first-order valence-corrected chi connectivity index (χ1v) is 14.2. The second-order valence-corrected chi connectivity index (χ2v) is 14.9. The molecule has 0 aliphatic rings. The number of non-ortho nitro benzene ring substituents is 1. The molecule has 0 spiro atoms. The van der Waals surface area contributed by atoms with Crippen molar-refractivity contribution in [3.05, 3.63) is 39.4 Å². The maximum Gasteiger partial charge on any atom is 0.339 e. The maximum atomic E-state index is 11.6. The minimum absolute atomic E-state index is 0.147. The zero-order valence-electron chi connectivity index (χ0n) is 19.2. The topological polar surface area (TPSA) is 107 Å². The Bertz CT molecular complexity index is 829. The number of carbonyl (C=O) groups excluding carboxylic acids is 1. The molecule has 0 radical (unpaired) electrons. The quantitative estimate of drug-likeness (QED) is 0.0593. The molecule has 0 atom stereocenters. The summed E-state index contributed by atoms with van der Waals surface area (Å²) in [6, 6.07) is 4.30. The van der Waals surface area contributed by atoms with Crippen LogP contribution in [0.2, 0.25) is 18.1 Å². The first-order valence-electron chi connectivity index (χ1n) is 10.3. The molecule has 0 aliphatic carbocycles. The van der Waals surface area contributed by atoms with E-state index in [0.29, 0.717) is 10.5 Å². The molecular weight excluding hydrogens is 434 g/mol. The molecule has 9 heteroatoms. The van der Waals surface area contributed by atoms with Gasteiger partial charge in [-0.3, -0.25) is 14.9 Å². The fourth-order valence-corrected chi connectivity index (χ4v) is 4.57. The van der Waals surface area contributed by atoms with Crippen LogP contribution in [0.5, 0.6) is 0 Å². The average molecular weight is 468 g/mol. The number of rotatable bonds is 12. The Kier molecular flexibility index (Phi) is 10.1. The Balaban J connectivity index is 2.73. The van der Waals surface area contributed by atoms with Gasteiger partial charge in [-0.25, -0.2) is 4.79 Å². The number of nitro groups is 1. The largest absolute Gasteiger partial charge is 0.478 e. The first kappa shape index (κ1) is 27.1. The molecule has 1 N–H and O–H groups in total. The molecule has 0 aliphatic heterocycles. The predicted octanol–water partition coefficient (Wildman–Crippen LogP) is 5.94. The van der Waals surface area contributed by atoms with Crippen LogP contribution >= 0.6 is 11.8 Å².